The normalized spacial score (nSPS) is 11.3. The highest BCUT2D eigenvalue weighted by molar-refractivity contribution is 5.95. The zero-order valence-electron chi connectivity index (χ0n) is 12.1. The molecule has 0 heterocycles. The highest BCUT2D eigenvalue weighted by Crippen LogP contribution is 2.35. The Morgan fingerprint density at radius 1 is 1.33 bits per heavy atom. The largest absolute Gasteiger partial charge is 0.418 e. The van der Waals surface area contributed by atoms with Crippen molar-refractivity contribution >= 4 is 11.6 Å². The first-order valence-electron chi connectivity index (χ1n) is 6.82. The molecular formula is C14H20F3N3O. The van der Waals surface area contributed by atoms with Crippen LogP contribution in [0.4, 0.5) is 18.9 Å². The van der Waals surface area contributed by atoms with E-state index >= 15 is 0 Å². The van der Waals surface area contributed by atoms with Gasteiger partial charge in [-0.1, -0.05) is 13.3 Å². The quantitative estimate of drug-likeness (QED) is 0.626. The third-order valence-corrected chi connectivity index (χ3v) is 3.18. The Kier molecular flexibility index (Phi) is 6.02. The fourth-order valence-corrected chi connectivity index (χ4v) is 1.97. The van der Waals surface area contributed by atoms with E-state index in [4.69, 9.17) is 5.84 Å². The molecular weight excluding hydrogens is 283 g/mol. The van der Waals surface area contributed by atoms with Crippen molar-refractivity contribution < 1.29 is 18.0 Å². The van der Waals surface area contributed by atoms with Gasteiger partial charge < -0.3 is 10.3 Å². The molecule has 1 aromatic carbocycles. The Morgan fingerprint density at radius 3 is 2.48 bits per heavy atom. The van der Waals surface area contributed by atoms with E-state index < -0.39 is 17.6 Å². The predicted molar refractivity (Wildman–Crippen MR) is 75.7 cm³/mol. The second-order valence-corrected chi connectivity index (χ2v) is 4.64. The van der Waals surface area contributed by atoms with E-state index in [1.165, 1.54) is 17.0 Å². The number of rotatable bonds is 6. The first-order valence-corrected chi connectivity index (χ1v) is 6.82. The average molecular weight is 303 g/mol. The molecule has 0 spiro atoms. The molecule has 0 aromatic heterocycles. The van der Waals surface area contributed by atoms with E-state index in [0.29, 0.717) is 13.1 Å². The number of nitrogens with zero attached hydrogens (tertiary/aromatic N) is 1. The van der Waals surface area contributed by atoms with Crippen molar-refractivity contribution in [3.05, 3.63) is 29.3 Å². The average Bonchev–Trinajstić information content (AvgIpc) is 2.46. The van der Waals surface area contributed by atoms with Crippen molar-refractivity contribution in [3.63, 3.8) is 0 Å². The number of unbranched alkanes of at least 4 members (excludes halogenated alkanes) is 1. The van der Waals surface area contributed by atoms with Gasteiger partial charge in [-0.3, -0.25) is 10.6 Å². The summed E-state index contributed by atoms with van der Waals surface area (Å²) in [5, 5.41) is 0. The number of nitrogen functional groups attached to an aromatic ring is 1. The van der Waals surface area contributed by atoms with Gasteiger partial charge >= 0.3 is 6.18 Å². The lowest BCUT2D eigenvalue weighted by Crippen LogP contribution is -2.32. The van der Waals surface area contributed by atoms with Crippen LogP contribution in [0.2, 0.25) is 0 Å². The number of carbonyl (C=O) groups excluding carboxylic acids is 1. The standard InChI is InChI=1S/C14H20F3N3O/c1-3-5-8-20(4-2)13(21)10-6-7-12(19-18)11(9-10)14(15,16)17/h6-7,9,19H,3-5,8,18H2,1-2H3. The zero-order valence-corrected chi connectivity index (χ0v) is 12.1. The summed E-state index contributed by atoms with van der Waals surface area (Å²) in [6.07, 6.45) is -2.85. The van der Waals surface area contributed by atoms with Gasteiger partial charge in [0.05, 0.1) is 11.3 Å². The van der Waals surface area contributed by atoms with Gasteiger partial charge in [0.25, 0.3) is 5.91 Å². The van der Waals surface area contributed by atoms with Gasteiger partial charge in [-0.2, -0.15) is 13.2 Å². The number of halogens is 3. The lowest BCUT2D eigenvalue weighted by molar-refractivity contribution is -0.137. The first-order chi connectivity index (χ1) is 9.85. The molecule has 0 atom stereocenters. The molecule has 3 N–H and O–H groups in total. The van der Waals surface area contributed by atoms with Crippen molar-refractivity contribution in [1.29, 1.82) is 0 Å². The molecule has 0 saturated carbocycles. The second-order valence-electron chi connectivity index (χ2n) is 4.64. The predicted octanol–water partition coefficient (Wildman–Crippen LogP) is 3.25. The van der Waals surface area contributed by atoms with E-state index in [-0.39, 0.29) is 11.3 Å². The van der Waals surface area contributed by atoms with Crippen molar-refractivity contribution in [2.24, 2.45) is 5.84 Å². The molecule has 7 heteroatoms. The number of hydrogen-bond acceptors (Lipinski definition) is 3. The monoisotopic (exact) mass is 303 g/mol. The number of carbonyl (C=O) groups is 1. The molecule has 1 aromatic rings. The number of anilines is 1. The molecule has 0 bridgehead atoms. The minimum atomic E-state index is -4.57. The van der Waals surface area contributed by atoms with Crippen LogP contribution in [0, 0.1) is 0 Å². The van der Waals surface area contributed by atoms with E-state index in [1.54, 1.807) is 6.92 Å². The van der Waals surface area contributed by atoms with Gasteiger partial charge in [0, 0.05) is 18.7 Å². The Bertz CT molecular complexity index is 489. The van der Waals surface area contributed by atoms with Crippen molar-refractivity contribution in [2.75, 3.05) is 18.5 Å². The van der Waals surface area contributed by atoms with Crippen LogP contribution in [0.5, 0.6) is 0 Å². The zero-order chi connectivity index (χ0) is 16.0. The lowest BCUT2D eigenvalue weighted by Gasteiger charge is -2.21. The molecule has 118 valence electrons. The summed E-state index contributed by atoms with van der Waals surface area (Å²) < 4.78 is 38.8. The first kappa shape index (κ1) is 17.3. The summed E-state index contributed by atoms with van der Waals surface area (Å²) in [7, 11) is 0. The molecule has 4 nitrogen and oxygen atoms in total. The highest BCUT2D eigenvalue weighted by Gasteiger charge is 2.34. The smallest absolute Gasteiger partial charge is 0.339 e. The highest BCUT2D eigenvalue weighted by atomic mass is 19.4. The third-order valence-electron chi connectivity index (χ3n) is 3.18. The van der Waals surface area contributed by atoms with Crippen molar-refractivity contribution in [3.8, 4) is 0 Å². The van der Waals surface area contributed by atoms with E-state index in [2.05, 4.69) is 0 Å². The van der Waals surface area contributed by atoms with E-state index in [9.17, 15) is 18.0 Å². The van der Waals surface area contributed by atoms with Gasteiger partial charge in [0.15, 0.2) is 0 Å². The lowest BCUT2D eigenvalue weighted by atomic mass is 10.1. The summed E-state index contributed by atoms with van der Waals surface area (Å²) in [5.41, 5.74) is 0.818. The Labute approximate surface area is 122 Å². The van der Waals surface area contributed by atoms with E-state index in [0.717, 1.165) is 18.9 Å². The molecule has 0 unspecified atom stereocenters. The summed E-state index contributed by atoms with van der Waals surface area (Å²) in [6, 6.07) is 3.36. The topological polar surface area (TPSA) is 58.4 Å². The fourth-order valence-electron chi connectivity index (χ4n) is 1.97. The number of alkyl halides is 3. The molecule has 0 aliphatic heterocycles. The van der Waals surface area contributed by atoms with Crippen LogP contribution < -0.4 is 11.3 Å². The van der Waals surface area contributed by atoms with Gasteiger partial charge in [-0.25, -0.2) is 0 Å². The molecule has 21 heavy (non-hydrogen) atoms. The molecule has 1 amide bonds. The second kappa shape index (κ2) is 7.31. The third kappa shape index (κ3) is 4.35. The number of amides is 1. The summed E-state index contributed by atoms with van der Waals surface area (Å²) >= 11 is 0. The van der Waals surface area contributed by atoms with Crippen LogP contribution in [0.1, 0.15) is 42.6 Å². The van der Waals surface area contributed by atoms with Crippen molar-refractivity contribution in [1.82, 2.24) is 4.90 Å². The van der Waals surface area contributed by atoms with Gasteiger partial charge in [0.2, 0.25) is 0 Å². The molecule has 0 radical (unpaired) electrons. The molecule has 1 rings (SSSR count). The minimum Gasteiger partial charge on any atom is -0.339 e. The molecule has 0 aliphatic rings. The van der Waals surface area contributed by atoms with Crippen LogP contribution in [-0.2, 0) is 6.18 Å². The van der Waals surface area contributed by atoms with Gasteiger partial charge in [-0.15, -0.1) is 0 Å². The maximum absolute atomic E-state index is 12.9. The fraction of sp³-hybridized carbons (Fsp3) is 0.500. The minimum absolute atomic E-state index is 0.0132. The Balaban J connectivity index is 3.10. The maximum atomic E-state index is 12.9. The van der Waals surface area contributed by atoms with Crippen LogP contribution in [0.3, 0.4) is 0 Å². The Morgan fingerprint density at radius 2 is 2.00 bits per heavy atom. The number of hydrazine groups is 1. The summed E-state index contributed by atoms with van der Waals surface area (Å²) in [6.45, 7) is 4.77. The molecule has 0 fully saturated rings. The van der Waals surface area contributed by atoms with Crippen LogP contribution in [0.25, 0.3) is 0 Å². The molecule has 0 aliphatic carbocycles. The van der Waals surface area contributed by atoms with Crippen molar-refractivity contribution in [2.45, 2.75) is 32.9 Å². The van der Waals surface area contributed by atoms with Gasteiger partial charge in [0.1, 0.15) is 0 Å². The SMILES string of the molecule is CCCCN(CC)C(=O)c1ccc(NN)c(C(F)(F)F)c1. The number of nitrogens with one attached hydrogen (secondary N) is 1. The van der Waals surface area contributed by atoms with Crippen LogP contribution >= 0.6 is 0 Å². The molecule has 0 saturated heterocycles. The van der Waals surface area contributed by atoms with Crippen LogP contribution in [0.15, 0.2) is 18.2 Å². The summed E-state index contributed by atoms with van der Waals surface area (Å²) in [5.74, 6) is 4.68. The Hall–Kier alpha value is -1.76. The maximum Gasteiger partial charge on any atom is 0.418 e. The summed E-state index contributed by atoms with van der Waals surface area (Å²) in [4.78, 5) is 13.8. The number of hydrogen-bond donors (Lipinski definition) is 2. The van der Waals surface area contributed by atoms with Crippen LogP contribution in [-0.4, -0.2) is 23.9 Å². The number of benzene rings is 1. The number of nitrogens with two attached hydrogens (primary N) is 1. The van der Waals surface area contributed by atoms with Gasteiger partial charge in [-0.05, 0) is 31.5 Å². The van der Waals surface area contributed by atoms with E-state index in [1.807, 2.05) is 12.3 Å².